The molecule has 21 heavy (non-hydrogen) atoms. The van der Waals surface area contributed by atoms with Gasteiger partial charge < -0.3 is 16.0 Å². The van der Waals surface area contributed by atoms with Crippen LogP contribution in [0.2, 0.25) is 0 Å². The van der Waals surface area contributed by atoms with Gasteiger partial charge in [0, 0.05) is 32.6 Å². The molecule has 0 unspecified atom stereocenters. The molecule has 0 spiro atoms. The molecule has 1 fully saturated rings. The molecule has 1 aliphatic rings. The van der Waals surface area contributed by atoms with E-state index in [0.717, 1.165) is 6.42 Å². The van der Waals surface area contributed by atoms with Gasteiger partial charge in [-0.05, 0) is 23.3 Å². The number of likely N-dealkylation sites (tertiary alicyclic amines) is 1. The van der Waals surface area contributed by atoms with Crippen LogP contribution in [0, 0.1) is 5.92 Å². The third-order valence-corrected chi connectivity index (χ3v) is 3.63. The topological polar surface area (TPSA) is 119 Å². The lowest BCUT2D eigenvalue weighted by molar-refractivity contribution is -0.131. The molecule has 2 atom stereocenters. The van der Waals surface area contributed by atoms with Crippen LogP contribution in [-0.2, 0) is 16.1 Å². The summed E-state index contributed by atoms with van der Waals surface area (Å²) in [5, 5.41) is 13.6. The van der Waals surface area contributed by atoms with Crippen molar-refractivity contribution in [1.82, 2.24) is 30.4 Å². The van der Waals surface area contributed by atoms with Crippen LogP contribution in [0.1, 0.15) is 19.8 Å². The van der Waals surface area contributed by atoms with E-state index in [2.05, 4.69) is 20.8 Å². The number of rotatable bonds is 4. The Kier molecular flexibility index (Phi) is 5.20. The van der Waals surface area contributed by atoms with E-state index in [4.69, 9.17) is 5.73 Å². The zero-order valence-corrected chi connectivity index (χ0v) is 12.1. The molecule has 0 bridgehead atoms. The van der Waals surface area contributed by atoms with Crippen molar-refractivity contribution in [2.24, 2.45) is 11.7 Å². The van der Waals surface area contributed by atoms with Crippen molar-refractivity contribution in [3.63, 3.8) is 0 Å². The van der Waals surface area contributed by atoms with Gasteiger partial charge in [0.1, 0.15) is 6.33 Å². The van der Waals surface area contributed by atoms with Crippen molar-refractivity contribution in [3.8, 4) is 0 Å². The summed E-state index contributed by atoms with van der Waals surface area (Å²) in [6, 6.07) is -0.0621. The first-order valence-electron chi connectivity index (χ1n) is 7.06. The second-order valence-electron chi connectivity index (χ2n) is 5.32. The quantitative estimate of drug-likeness (QED) is 0.688. The number of nitrogens with zero attached hydrogens (tertiary/aromatic N) is 5. The minimum absolute atomic E-state index is 0.0427. The molecule has 2 heterocycles. The van der Waals surface area contributed by atoms with E-state index in [9.17, 15) is 9.59 Å². The minimum Gasteiger partial charge on any atom is -0.354 e. The van der Waals surface area contributed by atoms with Crippen LogP contribution < -0.4 is 11.1 Å². The monoisotopic (exact) mass is 295 g/mol. The highest BCUT2D eigenvalue weighted by Crippen LogP contribution is 2.16. The molecule has 9 nitrogen and oxygen atoms in total. The molecule has 1 aromatic rings. The Bertz CT molecular complexity index is 476. The first-order valence-corrected chi connectivity index (χ1v) is 7.06. The highest BCUT2D eigenvalue weighted by molar-refractivity contribution is 5.80. The summed E-state index contributed by atoms with van der Waals surface area (Å²) in [7, 11) is 0. The summed E-state index contributed by atoms with van der Waals surface area (Å²) in [5.74, 6) is -0.307. The third-order valence-electron chi connectivity index (χ3n) is 3.63. The number of nitrogens with two attached hydrogens (primary N) is 1. The average molecular weight is 295 g/mol. The Hall–Kier alpha value is -2.03. The van der Waals surface area contributed by atoms with Gasteiger partial charge in [0.15, 0.2) is 0 Å². The molecule has 2 amide bonds. The molecule has 9 heteroatoms. The second kappa shape index (κ2) is 7.11. The molecule has 2 rings (SSSR count). The van der Waals surface area contributed by atoms with E-state index in [1.54, 1.807) is 9.58 Å². The second-order valence-corrected chi connectivity index (χ2v) is 5.32. The maximum Gasteiger partial charge on any atom is 0.224 e. The number of amides is 2. The molecule has 0 aliphatic carbocycles. The Balaban J connectivity index is 1.83. The van der Waals surface area contributed by atoms with Gasteiger partial charge in [-0.2, -0.15) is 0 Å². The van der Waals surface area contributed by atoms with Gasteiger partial charge in [0.05, 0.1) is 12.5 Å². The fourth-order valence-corrected chi connectivity index (χ4v) is 2.41. The van der Waals surface area contributed by atoms with E-state index in [-0.39, 0.29) is 23.8 Å². The summed E-state index contributed by atoms with van der Waals surface area (Å²) in [5.41, 5.74) is 5.94. The number of nitrogens with one attached hydrogen (secondary N) is 1. The third kappa shape index (κ3) is 4.48. The van der Waals surface area contributed by atoms with E-state index >= 15 is 0 Å². The molecule has 1 aliphatic heterocycles. The SMILES string of the molecule is CC(=O)N1C[C@@H](N)CC[C@@H](C(=O)NCCn2cnnn2)C1. The van der Waals surface area contributed by atoms with Crippen LogP contribution in [0.25, 0.3) is 0 Å². The number of tetrazole rings is 1. The molecular weight excluding hydrogens is 274 g/mol. The molecule has 1 aromatic heterocycles. The van der Waals surface area contributed by atoms with Crippen molar-refractivity contribution in [2.45, 2.75) is 32.4 Å². The first-order chi connectivity index (χ1) is 10.1. The summed E-state index contributed by atoms with van der Waals surface area (Å²) >= 11 is 0. The molecule has 0 radical (unpaired) electrons. The molecule has 0 aromatic carbocycles. The Morgan fingerprint density at radius 2 is 2.19 bits per heavy atom. The predicted octanol–water partition coefficient (Wildman–Crippen LogP) is -1.62. The number of aromatic nitrogens is 4. The van der Waals surface area contributed by atoms with Gasteiger partial charge >= 0.3 is 0 Å². The Morgan fingerprint density at radius 1 is 1.38 bits per heavy atom. The molecule has 0 saturated carbocycles. The summed E-state index contributed by atoms with van der Waals surface area (Å²) in [6.45, 7) is 3.42. The number of carbonyl (C=O) groups excluding carboxylic acids is 2. The summed E-state index contributed by atoms with van der Waals surface area (Å²) < 4.78 is 1.55. The van der Waals surface area contributed by atoms with Gasteiger partial charge in [0.2, 0.25) is 11.8 Å². The van der Waals surface area contributed by atoms with Crippen molar-refractivity contribution in [1.29, 1.82) is 0 Å². The maximum atomic E-state index is 12.2. The Labute approximate surface area is 122 Å². The van der Waals surface area contributed by atoms with Crippen molar-refractivity contribution in [3.05, 3.63) is 6.33 Å². The van der Waals surface area contributed by atoms with Gasteiger partial charge in [-0.25, -0.2) is 4.68 Å². The highest BCUT2D eigenvalue weighted by atomic mass is 16.2. The number of carbonyl (C=O) groups is 2. The molecule has 1 saturated heterocycles. The fourth-order valence-electron chi connectivity index (χ4n) is 2.41. The number of hydrogen-bond donors (Lipinski definition) is 2. The van der Waals surface area contributed by atoms with Crippen LogP contribution in [0.4, 0.5) is 0 Å². The van der Waals surface area contributed by atoms with E-state index in [0.29, 0.717) is 32.6 Å². The molecule has 3 N–H and O–H groups in total. The first kappa shape index (κ1) is 15.4. The fraction of sp³-hybridized carbons (Fsp3) is 0.750. The minimum atomic E-state index is -0.212. The number of hydrogen-bond acceptors (Lipinski definition) is 6. The normalized spacial score (nSPS) is 22.7. The van der Waals surface area contributed by atoms with Crippen LogP contribution in [0.5, 0.6) is 0 Å². The molecule has 116 valence electrons. The lowest BCUT2D eigenvalue weighted by atomic mass is 10.0. The smallest absolute Gasteiger partial charge is 0.224 e. The van der Waals surface area contributed by atoms with Crippen LogP contribution in [-0.4, -0.2) is 62.6 Å². The van der Waals surface area contributed by atoms with Crippen molar-refractivity contribution >= 4 is 11.8 Å². The Morgan fingerprint density at radius 3 is 2.86 bits per heavy atom. The van der Waals surface area contributed by atoms with Gasteiger partial charge in [-0.15, -0.1) is 5.10 Å². The average Bonchev–Trinajstić information content (AvgIpc) is 2.86. The largest absolute Gasteiger partial charge is 0.354 e. The summed E-state index contributed by atoms with van der Waals surface area (Å²) in [4.78, 5) is 25.4. The zero-order chi connectivity index (χ0) is 15.2. The van der Waals surface area contributed by atoms with Crippen molar-refractivity contribution < 1.29 is 9.59 Å². The van der Waals surface area contributed by atoms with E-state index in [1.807, 2.05) is 0 Å². The lowest BCUT2D eigenvalue weighted by Gasteiger charge is -2.23. The highest BCUT2D eigenvalue weighted by Gasteiger charge is 2.27. The lowest BCUT2D eigenvalue weighted by Crippen LogP contribution is -2.42. The predicted molar refractivity (Wildman–Crippen MR) is 73.8 cm³/mol. The van der Waals surface area contributed by atoms with E-state index in [1.165, 1.54) is 13.3 Å². The van der Waals surface area contributed by atoms with Crippen LogP contribution in [0.3, 0.4) is 0 Å². The van der Waals surface area contributed by atoms with Crippen molar-refractivity contribution in [2.75, 3.05) is 19.6 Å². The van der Waals surface area contributed by atoms with E-state index < -0.39 is 0 Å². The van der Waals surface area contributed by atoms with Gasteiger partial charge in [-0.3, -0.25) is 9.59 Å². The summed E-state index contributed by atoms with van der Waals surface area (Å²) in [6.07, 6.45) is 2.94. The van der Waals surface area contributed by atoms with Gasteiger partial charge in [0.25, 0.3) is 0 Å². The van der Waals surface area contributed by atoms with Crippen LogP contribution >= 0.6 is 0 Å². The van der Waals surface area contributed by atoms with Crippen LogP contribution in [0.15, 0.2) is 6.33 Å². The van der Waals surface area contributed by atoms with Gasteiger partial charge in [-0.1, -0.05) is 0 Å². The standard InChI is InChI=1S/C12H21N7O2/c1-9(20)18-6-10(2-3-11(13)7-18)12(21)14-4-5-19-8-15-16-17-19/h8,10-11H,2-7,13H2,1H3,(H,14,21)/t10-,11+/m1/s1. The molecular formula is C12H21N7O2. The zero-order valence-electron chi connectivity index (χ0n) is 12.1. The maximum absolute atomic E-state index is 12.2.